The van der Waals surface area contributed by atoms with E-state index in [-0.39, 0.29) is 11.3 Å². The third kappa shape index (κ3) is 1.85. The number of fused-ring (bicyclic) bond motifs is 2. The Balaban J connectivity index is 2.06. The number of carbonyl (C=O) groups is 1. The number of hydrogen-bond acceptors (Lipinski definition) is 2. The fourth-order valence-corrected chi connectivity index (χ4v) is 3.63. The SMILES string of the molecule is O=C1c2ccccc2-c2c(-[n+]3ccccc3)c(=O)[nH]c3cccc1c23. The van der Waals surface area contributed by atoms with Gasteiger partial charge in [-0.3, -0.25) is 9.59 Å². The summed E-state index contributed by atoms with van der Waals surface area (Å²) in [5.74, 6) is -0.00948. The van der Waals surface area contributed by atoms with E-state index in [0.717, 1.165) is 16.5 Å². The van der Waals surface area contributed by atoms with Gasteiger partial charge in [0, 0.05) is 34.2 Å². The number of benzene rings is 2. The summed E-state index contributed by atoms with van der Waals surface area (Å²) in [5.41, 5.74) is 3.89. The number of ketones is 1. The van der Waals surface area contributed by atoms with E-state index in [1.807, 2.05) is 67.0 Å². The first-order chi connectivity index (χ1) is 12.3. The highest BCUT2D eigenvalue weighted by atomic mass is 16.1. The van der Waals surface area contributed by atoms with Gasteiger partial charge in [0.2, 0.25) is 0 Å². The Morgan fingerprint density at radius 3 is 2.24 bits per heavy atom. The van der Waals surface area contributed by atoms with Crippen molar-refractivity contribution in [1.82, 2.24) is 4.98 Å². The van der Waals surface area contributed by atoms with E-state index in [4.69, 9.17) is 0 Å². The van der Waals surface area contributed by atoms with Gasteiger partial charge in [-0.2, -0.15) is 4.57 Å². The molecule has 0 amide bonds. The van der Waals surface area contributed by atoms with E-state index in [0.29, 0.717) is 22.3 Å². The van der Waals surface area contributed by atoms with Crippen molar-refractivity contribution in [2.45, 2.75) is 0 Å². The predicted molar refractivity (Wildman–Crippen MR) is 95.0 cm³/mol. The molecular formula is C21H13N2O2+. The van der Waals surface area contributed by atoms with Gasteiger partial charge in [-0.05, 0) is 6.07 Å². The maximum absolute atomic E-state index is 12.9. The van der Waals surface area contributed by atoms with Crippen LogP contribution in [-0.4, -0.2) is 10.8 Å². The zero-order valence-electron chi connectivity index (χ0n) is 13.2. The van der Waals surface area contributed by atoms with Gasteiger partial charge in [-0.25, -0.2) is 0 Å². The summed E-state index contributed by atoms with van der Waals surface area (Å²) < 4.78 is 1.80. The molecule has 0 radical (unpaired) electrons. The Morgan fingerprint density at radius 2 is 1.44 bits per heavy atom. The number of H-pyrrole nitrogens is 1. The van der Waals surface area contributed by atoms with Crippen LogP contribution in [-0.2, 0) is 0 Å². The molecule has 0 saturated carbocycles. The summed E-state index contributed by atoms with van der Waals surface area (Å²) in [6.45, 7) is 0. The van der Waals surface area contributed by atoms with Crippen LogP contribution in [0.15, 0.2) is 77.9 Å². The first-order valence-electron chi connectivity index (χ1n) is 8.05. The number of pyridine rings is 2. The molecule has 2 heterocycles. The highest BCUT2D eigenvalue weighted by molar-refractivity contribution is 6.26. The third-order valence-corrected chi connectivity index (χ3v) is 4.67. The van der Waals surface area contributed by atoms with E-state index in [9.17, 15) is 9.59 Å². The number of nitrogens with one attached hydrogen (secondary N) is 1. The van der Waals surface area contributed by atoms with Crippen molar-refractivity contribution >= 4 is 16.7 Å². The Morgan fingerprint density at radius 1 is 0.720 bits per heavy atom. The summed E-state index contributed by atoms with van der Waals surface area (Å²) in [7, 11) is 0. The van der Waals surface area contributed by atoms with E-state index >= 15 is 0 Å². The van der Waals surface area contributed by atoms with Crippen LogP contribution < -0.4 is 10.1 Å². The van der Waals surface area contributed by atoms with Crippen LogP contribution in [0.25, 0.3) is 27.7 Å². The molecule has 0 fully saturated rings. The molecule has 2 aromatic carbocycles. The van der Waals surface area contributed by atoms with Crippen LogP contribution >= 0.6 is 0 Å². The minimum absolute atomic E-state index is 0.00948. The standard InChI is InChI=1S/C21H12N2O2/c24-20-14-8-3-2-7-13(14)18-17-15(20)9-6-10-16(17)22-21(25)19(18)23-11-4-1-5-12-23/h1-12H/p+1. The summed E-state index contributed by atoms with van der Waals surface area (Å²) in [6, 6.07) is 18.6. The zero-order chi connectivity index (χ0) is 17.0. The van der Waals surface area contributed by atoms with Crippen molar-refractivity contribution in [1.29, 1.82) is 0 Å². The molecule has 4 nitrogen and oxygen atoms in total. The van der Waals surface area contributed by atoms with Crippen LogP contribution in [0.4, 0.5) is 0 Å². The lowest BCUT2D eigenvalue weighted by molar-refractivity contribution is -0.596. The van der Waals surface area contributed by atoms with Gasteiger partial charge >= 0.3 is 5.56 Å². The average Bonchev–Trinajstić information content (AvgIpc) is 2.66. The molecule has 0 bridgehead atoms. The van der Waals surface area contributed by atoms with Crippen LogP contribution in [0.3, 0.4) is 0 Å². The maximum atomic E-state index is 12.9. The number of nitrogens with zero attached hydrogens (tertiary/aromatic N) is 1. The van der Waals surface area contributed by atoms with Gasteiger partial charge in [0.05, 0.1) is 11.1 Å². The molecule has 0 atom stereocenters. The normalized spacial score (nSPS) is 12.2. The smallest absolute Gasteiger partial charge is 0.316 e. The number of hydrogen-bond donors (Lipinski definition) is 1. The molecule has 4 heteroatoms. The maximum Gasteiger partial charge on any atom is 0.321 e. The lowest BCUT2D eigenvalue weighted by Crippen LogP contribution is -2.38. The van der Waals surface area contributed by atoms with Crippen LogP contribution in [0.1, 0.15) is 15.9 Å². The second-order valence-corrected chi connectivity index (χ2v) is 6.06. The molecule has 1 N–H and O–H groups in total. The highest BCUT2D eigenvalue weighted by Crippen LogP contribution is 2.39. The van der Waals surface area contributed by atoms with E-state index < -0.39 is 0 Å². The Hall–Kier alpha value is -3.53. The van der Waals surface area contributed by atoms with Gasteiger partial charge in [0.25, 0.3) is 5.69 Å². The third-order valence-electron chi connectivity index (χ3n) is 4.67. The lowest BCUT2D eigenvalue weighted by Gasteiger charge is -2.19. The summed E-state index contributed by atoms with van der Waals surface area (Å²) in [5, 5.41) is 0.803. The van der Waals surface area contributed by atoms with Gasteiger partial charge < -0.3 is 4.98 Å². The lowest BCUT2D eigenvalue weighted by atomic mass is 9.83. The second kappa shape index (κ2) is 4.98. The Labute approximate surface area is 143 Å². The molecule has 0 aliphatic heterocycles. The van der Waals surface area contributed by atoms with Gasteiger partial charge in [-0.1, -0.05) is 42.5 Å². The monoisotopic (exact) mass is 325 g/mol. The summed E-state index contributed by atoms with van der Waals surface area (Å²) >= 11 is 0. The van der Waals surface area contributed by atoms with E-state index in [2.05, 4.69) is 4.98 Å². The minimum Gasteiger partial charge on any atom is -0.316 e. The molecule has 1 aliphatic carbocycles. The van der Waals surface area contributed by atoms with Crippen molar-refractivity contribution in [2.24, 2.45) is 0 Å². The molecule has 25 heavy (non-hydrogen) atoms. The number of aromatic amines is 1. The Kier molecular flexibility index (Phi) is 2.76. The van der Waals surface area contributed by atoms with Crippen LogP contribution in [0.2, 0.25) is 0 Å². The van der Waals surface area contributed by atoms with Crippen LogP contribution in [0.5, 0.6) is 0 Å². The Bertz CT molecular complexity index is 1220. The number of carbonyl (C=O) groups excluding carboxylic acids is 1. The topological polar surface area (TPSA) is 53.8 Å². The molecule has 118 valence electrons. The molecule has 5 rings (SSSR count). The second-order valence-electron chi connectivity index (χ2n) is 6.06. The molecular weight excluding hydrogens is 312 g/mol. The van der Waals surface area contributed by atoms with Crippen LogP contribution in [0, 0.1) is 0 Å². The van der Waals surface area contributed by atoms with Crippen molar-refractivity contribution in [2.75, 3.05) is 0 Å². The minimum atomic E-state index is -0.181. The zero-order valence-corrected chi connectivity index (χ0v) is 13.2. The van der Waals surface area contributed by atoms with Crippen molar-refractivity contribution in [3.8, 4) is 16.8 Å². The molecule has 2 aromatic heterocycles. The van der Waals surface area contributed by atoms with E-state index in [1.54, 1.807) is 10.6 Å². The largest absolute Gasteiger partial charge is 0.321 e. The first kappa shape index (κ1) is 13.9. The first-order valence-corrected chi connectivity index (χ1v) is 8.05. The molecule has 0 saturated heterocycles. The molecule has 0 unspecified atom stereocenters. The average molecular weight is 325 g/mol. The summed E-state index contributed by atoms with van der Waals surface area (Å²) in [6.07, 6.45) is 3.68. The quantitative estimate of drug-likeness (QED) is 0.482. The highest BCUT2D eigenvalue weighted by Gasteiger charge is 2.32. The van der Waals surface area contributed by atoms with Crippen molar-refractivity contribution in [3.05, 3.63) is 94.5 Å². The number of aromatic nitrogens is 2. The fourth-order valence-electron chi connectivity index (χ4n) is 3.63. The predicted octanol–water partition coefficient (Wildman–Crippen LogP) is 3.02. The summed E-state index contributed by atoms with van der Waals surface area (Å²) in [4.78, 5) is 28.7. The van der Waals surface area contributed by atoms with Crippen molar-refractivity contribution in [3.63, 3.8) is 0 Å². The van der Waals surface area contributed by atoms with Crippen molar-refractivity contribution < 1.29 is 9.36 Å². The van der Waals surface area contributed by atoms with Gasteiger partial charge in [0.15, 0.2) is 18.2 Å². The van der Waals surface area contributed by atoms with Gasteiger partial charge in [0.1, 0.15) is 0 Å². The van der Waals surface area contributed by atoms with Gasteiger partial charge in [-0.15, -0.1) is 0 Å². The molecule has 1 aliphatic rings. The van der Waals surface area contributed by atoms with E-state index in [1.165, 1.54) is 0 Å². The molecule has 0 spiro atoms. The number of rotatable bonds is 1. The molecule has 4 aromatic rings. The fraction of sp³-hybridized carbons (Fsp3) is 0.